The predicted octanol–water partition coefficient (Wildman–Crippen LogP) is 17.9. The Morgan fingerprint density at radius 2 is 0.705 bits per heavy atom. The summed E-state index contributed by atoms with van der Waals surface area (Å²) < 4.78 is 10.7. The van der Waals surface area contributed by atoms with Crippen LogP contribution < -0.4 is 0 Å². The molecule has 358 valence electrons. The highest BCUT2D eigenvalue weighted by atomic mass is 16.6. The lowest BCUT2D eigenvalue weighted by Gasteiger charge is -2.15. The van der Waals surface area contributed by atoms with Crippen molar-refractivity contribution in [1.29, 1.82) is 0 Å². The molecule has 0 aromatic rings. The van der Waals surface area contributed by atoms with E-state index in [1.807, 2.05) is 0 Å². The molecular formula is C56H104O5. The summed E-state index contributed by atoms with van der Waals surface area (Å²) in [5.41, 5.74) is 0. The maximum atomic E-state index is 12.2. The first-order chi connectivity index (χ1) is 30.1. The van der Waals surface area contributed by atoms with E-state index in [0.29, 0.717) is 12.8 Å². The SMILES string of the molecule is CC/C=C\C/C=C\C/C=C\CCCCCCCCCC(=O)OC(CO)COC(=O)CCCCCCCCCCCCCCCCCCCCCCCCCCCCCCCC. The van der Waals surface area contributed by atoms with E-state index in [4.69, 9.17) is 9.47 Å². The second-order valence-electron chi connectivity index (χ2n) is 18.3. The number of aliphatic hydroxyl groups is 1. The molecule has 5 heteroatoms. The maximum absolute atomic E-state index is 12.2. The maximum Gasteiger partial charge on any atom is 0.306 e. The highest BCUT2D eigenvalue weighted by molar-refractivity contribution is 5.70. The molecule has 0 aliphatic rings. The summed E-state index contributed by atoms with van der Waals surface area (Å²) in [6.07, 6.45) is 66.9. The highest BCUT2D eigenvalue weighted by Gasteiger charge is 2.16. The topological polar surface area (TPSA) is 72.8 Å². The average molecular weight is 857 g/mol. The van der Waals surface area contributed by atoms with E-state index < -0.39 is 6.10 Å². The fourth-order valence-electron chi connectivity index (χ4n) is 8.16. The van der Waals surface area contributed by atoms with Crippen molar-refractivity contribution in [2.75, 3.05) is 13.2 Å². The van der Waals surface area contributed by atoms with Gasteiger partial charge in [0.2, 0.25) is 0 Å². The Morgan fingerprint density at radius 3 is 1.07 bits per heavy atom. The Morgan fingerprint density at radius 1 is 0.393 bits per heavy atom. The molecule has 0 radical (unpaired) electrons. The van der Waals surface area contributed by atoms with Crippen LogP contribution in [0.1, 0.15) is 290 Å². The number of hydrogen-bond donors (Lipinski definition) is 1. The molecule has 0 saturated carbocycles. The molecule has 5 nitrogen and oxygen atoms in total. The number of allylic oxidation sites excluding steroid dienone is 6. The standard InChI is InChI=1S/C56H104O5/c1-3-5-7-9-11-13-15-17-19-21-22-23-24-25-26-27-28-29-30-31-32-33-35-36-38-40-42-44-46-48-50-55(58)60-53-54(52-57)61-56(59)51-49-47-45-43-41-39-37-34-20-18-16-14-12-10-8-6-4-2/h6,8,12,14,18,20,54,57H,3-5,7,9-11,13,15-17,19,21-53H2,1-2H3/b8-6-,14-12-,20-18-. The van der Waals surface area contributed by atoms with E-state index in [1.165, 1.54) is 199 Å². The van der Waals surface area contributed by atoms with Crippen LogP contribution in [0.3, 0.4) is 0 Å². The minimum atomic E-state index is -0.775. The van der Waals surface area contributed by atoms with Crippen molar-refractivity contribution in [2.24, 2.45) is 0 Å². The summed E-state index contributed by atoms with van der Waals surface area (Å²) in [7, 11) is 0. The summed E-state index contributed by atoms with van der Waals surface area (Å²) in [4.78, 5) is 24.4. The quantitative estimate of drug-likeness (QED) is 0.0375. The fraction of sp³-hybridized carbons (Fsp3) is 0.857. The third-order valence-corrected chi connectivity index (χ3v) is 12.2. The Kier molecular flexibility index (Phi) is 50.8. The molecule has 0 saturated heterocycles. The van der Waals surface area contributed by atoms with E-state index in [2.05, 4.69) is 50.3 Å². The van der Waals surface area contributed by atoms with Crippen LogP contribution in [0.15, 0.2) is 36.5 Å². The van der Waals surface area contributed by atoms with Crippen LogP contribution in [-0.2, 0) is 19.1 Å². The fourth-order valence-corrected chi connectivity index (χ4v) is 8.16. The second kappa shape index (κ2) is 52.5. The lowest BCUT2D eigenvalue weighted by molar-refractivity contribution is -0.161. The van der Waals surface area contributed by atoms with Crippen LogP contribution in [0.25, 0.3) is 0 Å². The molecule has 0 fully saturated rings. The largest absolute Gasteiger partial charge is 0.462 e. The zero-order valence-corrected chi connectivity index (χ0v) is 40.9. The van der Waals surface area contributed by atoms with Crippen LogP contribution in [-0.4, -0.2) is 36.4 Å². The first kappa shape index (κ1) is 59.1. The van der Waals surface area contributed by atoms with Gasteiger partial charge in [0.15, 0.2) is 6.10 Å². The summed E-state index contributed by atoms with van der Waals surface area (Å²) in [6.45, 7) is 4.06. The molecular weight excluding hydrogens is 753 g/mol. The van der Waals surface area contributed by atoms with Crippen LogP contribution in [0.2, 0.25) is 0 Å². The predicted molar refractivity (Wildman–Crippen MR) is 265 cm³/mol. The summed E-state index contributed by atoms with van der Waals surface area (Å²) >= 11 is 0. The van der Waals surface area contributed by atoms with Gasteiger partial charge in [0.25, 0.3) is 0 Å². The molecule has 1 unspecified atom stereocenters. The Labute approximate surface area is 380 Å². The molecule has 0 aliphatic carbocycles. The number of carbonyl (C=O) groups is 2. The van der Waals surface area contributed by atoms with E-state index >= 15 is 0 Å². The number of hydrogen-bond acceptors (Lipinski definition) is 5. The number of carbonyl (C=O) groups excluding carboxylic acids is 2. The van der Waals surface area contributed by atoms with Crippen molar-refractivity contribution in [1.82, 2.24) is 0 Å². The van der Waals surface area contributed by atoms with Gasteiger partial charge in [-0.15, -0.1) is 0 Å². The average Bonchev–Trinajstić information content (AvgIpc) is 3.26. The van der Waals surface area contributed by atoms with Crippen molar-refractivity contribution in [3.8, 4) is 0 Å². The Bertz CT molecular complexity index is 970. The smallest absolute Gasteiger partial charge is 0.306 e. The van der Waals surface area contributed by atoms with Gasteiger partial charge in [-0.1, -0.05) is 269 Å². The first-order valence-corrected chi connectivity index (χ1v) is 27.0. The zero-order chi connectivity index (χ0) is 44.2. The highest BCUT2D eigenvalue weighted by Crippen LogP contribution is 2.17. The Balaban J connectivity index is 3.41. The van der Waals surface area contributed by atoms with Crippen molar-refractivity contribution in [2.45, 2.75) is 296 Å². The molecule has 61 heavy (non-hydrogen) atoms. The third-order valence-electron chi connectivity index (χ3n) is 12.2. The van der Waals surface area contributed by atoms with Crippen LogP contribution in [0.5, 0.6) is 0 Å². The van der Waals surface area contributed by atoms with Gasteiger partial charge in [-0.25, -0.2) is 0 Å². The van der Waals surface area contributed by atoms with Crippen molar-refractivity contribution in [3.63, 3.8) is 0 Å². The lowest BCUT2D eigenvalue weighted by atomic mass is 10.0. The van der Waals surface area contributed by atoms with Gasteiger partial charge in [-0.05, 0) is 44.9 Å². The van der Waals surface area contributed by atoms with Gasteiger partial charge < -0.3 is 14.6 Å². The molecule has 0 spiro atoms. The van der Waals surface area contributed by atoms with Crippen LogP contribution in [0.4, 0.5) is 0 Å². The van der Waals surface area contributed by atoms with Gasteiger partial charge in [0.1, 0.15) is 6.61 Å². The van der Waals surface area contributed by atoms with Crippen molar-refractivity contribution < 1.29 is 24.2 Å². The molecule has 0 rings (SSSR count). The molecule has 0 bridgehead atoms. The normalized spacial score (nSPS) is 12.4. The van der Waals surface area contributed by atoms with Crippen LogP contribution >= 0.6 is 0 Å². The molecule has 1 N–H and O–H groups in total. The number of rotatable bonds is 50. The monoisotopic (exact) mass is 857 g/mol. The van der Waals surface area contributed by atoms with E-state index in [1.54, 1.807) is 0 Å². The van der Waals surface area contributed by atoms with E-state index in [9.17, 15) is 14.7 Å². The van der Waals surface area contributed by atoms with Crippen molar-refractivity contribution >= 4 is 11.9 Å². The molecule has 0 aliphatic heterocycles. The number of aliphatic hydroxyl groups excluding tert-OH is 1. The number of esters is 2. The number of ether oxygens (including phenoxy) is 2. The van der Waals surface area contributed by atoms with Gasteiger partial charge in [0, 0.05) is 12.8 Å². The van der Waals surface area contributed by atoms with Gasteiger partial charge in [-0.2, -0.15) is 0 Å². The van der Waals surface area contributed by atoms with Gasteiger partial charge in [-0.3, -0.25) is 9.59 Å². The molecule has 0 heterocycles. The molecule has 0 aromatic heterocycles. The Hall–Kier alpha value is -1.88. The minimum absolute atomic E-state index is 0.0663. The molecule has 0 amide bonds. The molecule has 1 atom stereocenters. The summed E-state index contributed by atoms with van der Waals surface area (Å²) in [5.74, 6) is -0.589. The minimum Gasteiger partial charge on any atom is -0.462 e. The van der Waals surface area contributed by atoms with Gasteiger partial charge in [0.05, 0.1) is 6.61 Å². The number of unbranched alkanes of at least 4 members (excludes halogenated alkanes) is 36. The summed E-state index contributed by atoms with van der Waals surface area (Å²) in [5, 5.41) is 9.62. The van der Waals surface area contributed by atoms with Crippen LogP contribution in [0, 0.1) is 0 Å². The summed E-state index contributed by atoms with van der Waals surface area (Å²) in [6, 6.07) is 0. The van der Waals surface area contributed by atoms with E-state index in [0.717, 1.165) is 64.2 Å². The zero-order valence-electron chi connectivity index (χ0n) is 40.9. The molecule has 0 aromatic carbocycles. The van der Waals surface area contributed by atoms with E-state index in [-0.39, 0.29) is 25.2 Å². The second-order valence-corrected chi connectivity index (χ2v) is 18.3. The third kappa shape index (κ3) is 50.6. The van der Waals surface area contributed by atoms with Gasteiger partial charge >= 0.3 is 11.9 Å². The lowest BCUT2D eigenvalue weighted by Crippen LogP contribution is -2.28. The first-order valence-electron chi connectivity index (χ1n) is 27.0. The van der Waals surface area contributed by atoms with Crippen molar-refractivity contribution in [3.05, 3.63) is 36.5 Å².